The third-order valence-electron chi connectivity index (χ3n) is 5.72. The summed E-state index contributed by atoms with van der Waals surface area (Å²) >= 11 is 6.44. The van der Waals surface area contributed by atoms with Crippen molar-refractivity contribution >= 4 is 11.6 Å². The lowest BCUT2D eigenvalue weighted by atomic mass is 10.0. The molecule has 0 spiro atoms. The van der Waals surface area contributed by atoms with Crippen LogP contribution >= 0.6 is 11.6 Å². The van der Waals surface area contributed by atoms with Gasteiger partial charge in [0.15, 0.2) is 0 Å². The molecule has 150 valence electrons. The summed E-state index contributed by atoms with van der Waals surface area (Å²) in [6.45, 7) is 7.42. The molecule has 0 aliphatic carbocycles. The molecule has 2 aliphatic heterocycles. The summed E-state index contributed by atoms with van der Waals surface area (Å²) in [5.41, 5.74) is 2.57. The summed E-state index contributed by atoms with van der Waals surface area (Å²) in [6.07, 6.45) is 2.39. The van der Waals surface area contributed by atoms with Crippen LogP contribution in [0.25, 0.3) is 0 Å². The van der Waals surface area contributed by atoms with E-state index >= 15 is 0 Å². The van der Waals surface area contributed by atoms with Crippen LogP contribution in [0.15, 0.2) is 48.5 Å². The molecule has 0 bridgehead atoms. The topological polar surface area (TPSA) is 24.9 Å². The Morgan fingerprint density at radius 1 is 1.00 bits per heavy atom. The van der Waals surface area contributed by atoms with E-state index < -0.39 is 0 Å². The van der Waals surface area contributed by atoms with Crippen LogP contribution in [0.5, 0.6) is 5.75 Å². The zero-order valence-corrected chi connectivity index (χ0v) is 17.1. The minimum atomic E-state index is 0.415. The Hall–Kier alpha value is -1.59. The van der Waals surface area contributed by atoms with Crippen LogP contribution in [-0.4, -0.2) is 55.8 Å². The number of hydrogen-bond acceptors (Lipinski definition) is 4. The molecule has 0 N–H and O–H groups in total. The van der Waals surface area contributed by atoms with Gasteiger partial charge in [0.25, 0.3) is 0 Å². The zero-order chi connectivity index (χ0) is 19.2. The molecule has 2 heterocycles. The molecular weight excluding hydrogens is 372 g/mol. The summed E-state index contributed by atoms with van der Waals surface area (Å²) < 4.78 is 11.3. The fourth-order valence-corrected chi connectivity index (χ4v) is 4.42. The van der Waals surface area contributed by atoms with Crippen LogP contribution in [0.4, 0.5) is 0 Å². The van der Waals surface area contributed by atoms with Gasteiger partial charge in [-0.15, -0.1) is 0 Å². The summed E-state index contributed by atoms with van der Waals surface area (Å²) in [5.74, 6) is 0.945. The van der Waals surface area contributed by atoms with E-state index in [1.54, 1.807) is 0 Å². The monoisotopic (exact) mass is 400 g/mol. The van der Waals surface area contributed by atoms with Gasteiger partial charge in [0.1, 0.15) is 12.4 Å². The molecule has 0 amide bonds. The molecule has 5 heteroatoms. The minimum absolute atomic E-state index is 0.415. The third kappa shape index (κ3) is 5.06. The number of rotatable bonds is 7. The quantitative estimate of drug-likeness (QED) is 0.688. The molecule has 2 fully saturated rings. The van der Waals surface area contributed by atoms with E-state index in [1.807, 2.05) is 12.1 Å². The number of morpholine rings is 1. The van der Waals surface area contributed by atoms with Crippen molar-refractivity contribution in [1.82, 2.24) is 9.80 Å². The molecule has 1 unspecified atom stereocenters. The van der Waals surface area contributed by atoms with Gasteiger partial charge in [0, 0.05) is 37.2 Å². The molecule has 2 aromatic carbocycles. The van der Waals surface area contributed by atoms with Crippen LogP contribution in [-0.2, 0) is 11.3 Å². The SMILES string of the molecule is Clc1ccccc1C1CCCN1Cc1ccc(OCCN2CCOCC2)cc1. The highest BCUT2D eigenvalue weighted by Crippen LogP contribution is 2.36. The average molecular weight is 401 g/mol. The lowest BCUT2D eigenvalue weighted by molar-refractivity contribution is 0.0322. The van der Waals surface area contributed by atoms with Gasteiger partial charge in [-0.05, 0) is 48.7 Å². The van der Waals surface area contributed by atoms with Crippen molar-refractivity contribution in [2.75, 3.05) is 46.0 Å². The van der Waals surface area contributed by atoms with Crippen molar-refractivity contribution in [1.29, 1.82) is 0 Å². The van der Waals surface area contributed by atoms with Crippen molar-refractivity contribution in [2.24, 2.45) is 0 Å². The second-order valence-corrected chi connectivity index (χ2v) is 8.00. The molecule has 4 rings (SSSR count). The van der Waals surface area contributed by atoms with Crippen molar-refractivity contribution in [3.8, 4) is 5.75 Å². The molecule has 0 radical (unpaired) electrons. The molecule has 4 nitrogen and oxygen atoms in total. The van der Waals surface area contributed by atoms with Crippen molar-refractivity contribution in [2.45, 2.75) is 25.4 Å². The number of halogens is 1. The fraction of sp³-hybridized carbons (Fsp3) is 0.478. The van der Waals surface area contributed by atoms with Crippen LogP contribution in [0.2, 0.25) is 5.02 Å². The second kappa shape index (κ2) is 9.75. The number of hydrogen-bond donors (Lipinski definition) is 0. The van der Waals surface area contributed by atoms with E-state index in [-0.39, 0.29) is 0 Å². The summed E-state index contributed by atoms with van der Waals surface area (Å²) in [5, 5.41) is 0.878. The maximum Gasteiger partial charge on any atom is 0.119 e. The highest BCUT2D eigenvalue weighted by Gasteiger charge is 2.27. The number of likely N-dealkylation sites (tertiary alicyclic amines) is 1. The van der Waals surface area contributed by atoms with Crippen molar-refractivity contribution < 1.29 is 9.47 Å². The van der Waals surface area contributed by atoms with Crippen LogP contribution in [0, 0.1) is 0 Å². The van der Waals surface area contributed by atoms with Gasteiger partial charge in [0.05, 0.1) is 13.2 Å². The fourth-order valence-electron chi connectivity index (χ4n) is 4.16. The smallest absolute Gasteiger partial charge is 0.119 e. The van der Waals surface area contributed by atoms with Gasteiger partial charge in [0.2, 0.25) is 0 Å². The Morgan fingerprint density at radius 3 is 2.57 bits per heavy atom. The van der Waals surface area contributed by atoms with E-state index in [9.17, 15) is 0 Å². The van der Waals surface area contributed by atoms with Crippen molar-refractivity contribution in [3.63, 3.8) is 0 Å². The van der Waals surface area contributed by atoms with Gasteiger partial charge >= 0.3 is 0 Å². The third-order valence-corrected chi connectivity index (χ3v) is 6.06. The van der Waals surface area contributed by atoms with E-state index in [2.05, 4.69) is 46.2 Å². The average Bonchev–Trinajstić information content (AvgIpc) is 3.18. The molecule has 0 saturated carbocycles. The molecule has 0 aromatic heterocycles. The maximum absolute atomic E-state index is 6.44. The predicted molar refractivity (Wildman–Crippen MR) is 113 cm³/mol. The summed E-state index contributed by atoms with van der Waals surface area (Å²) in [7, 11) is 0. The van der Waals surface area contributed by atoms with E-state index in [4.69, 9.17) is 21.1 Å². The van der Waals surface area contributed by atoms with Gasteiger partial charge in [-0.2, -0.15) is 0 Å². The second-order valence-electron chi connectivity index (χ2n) is 7.60. The molecule has 28 heavy (non-hydrogen) atoms. The van der Waals surface area contributed by atoms with Crippen LogP contribution in [0.1, 0.15) is 30.0 Å². The Bertz CT molecular complexity index is 747. The van der Waals surface area contributed by atoms with Gasteiger partial charge in [-0.25, -0.2) is 0 Å². The Morgan fingerprint density at radius 2 is 1.79 bits per heavy atom. The highest BCUT2D eigenvalue weighted by atomic mass is 35.5. The summed E-state index contributed by atoms with van der Waals surface area (Å²) in [6, 6.07) is 17.2. The largest absolute Gasteiger partial charge is 0.492 e. The first-order valence-electron chi connectivity index (χ1n) is 10.3. The molecular formula is C23H29ClN2O2. The Labute approximate surface area is 173 Å². The molecule has 2 aliphatic rings. The van der Waals surface area contributed by atoms with E-state index in [0.717, 1.165) is 63.3 Å². The maximum atomic E-state index is 6.44. The standard InChI is InChI=1S/C23H29ClN2O2/c24-22-5-2-1-4-21(22)23-6-3-11-26(23)18-19-7-9-20(10-8-19)28-17-14-25-12-15-27-16-13-25/h1-2,4-5,7-10,23H,3,6,11-18H2. The lowest BCUT2D eigenvalue weighted by Gasteiger charge is -2.26. The minimum Gasteiger partial charge on any atom is -0.492 e. The number of ether oxygens (including phenoxy) is 2. The molecule has 1 atom stereocenters. The van der Waals surface area contributed by atoms with E-state index in [0.29, 0.717) is 6.04 Å². The number of benzene rings is 2. The number of nitrogens with zero attached hydrogens (tertiary/aromatic N) is 2. The van der Waals surface area contributed by atoms with Crippen molar-refractivity contribution in [3.05, 3.63) is 64.7 Å². The van der Waals surface area contributed by atoms with Gasteiger partial charge < -0.3 is 9.47 Å². The van der Waals surface area contributed by atoms with Gasteiger partial charge in [-0.3, -0.25) is 9.80 Å². The predicted octanol–water partition coefficient (Wildman–Crippen LogP) is 4.39. The molecule has 2 saturated heterocycles. The van der Waals surface area contributed by atoms with Gasteiger partial charge in [-0.1, -0.05) is 41.9 Å². The normalized spacial score (nSPS) is 21.1. The zero-order valence-electron chi connectivity index (χ0n) is 16.4. The Balaban J connectivity index is 1.29. The first-order chi connectivity index (χ1) is 13.8. The summed E-state index contributed by atoms with van der Waals surface area (Å²) in [4.78, 5) is 4.93. The first kappa shape index (κ1) is 19.7. The highest BCUT2D eigenvalue weighted by molar-refractivity contribution is 6.31. The van der Waals surface area contributed by atoms with Crippen LogP contribution in [0.3, 0.4) is 0 Å². The van der Waals surface area contributed by atoms with E-state index in [1.165, 1.54) is 24.0 Å². The Kier molecular flexibility index (Phi) is 6.86. The first-order valence-corrected chi connectivity index (χ1v) is 10.7. The van der Waals surface area contributed by atoms with Crippen LogP contribution < -0.4 is 4.74 Å². The lowest BCUT2D eigenvalue weighted by Crippen LogP contribution is -2.38. The molecule has 2 aromatic rings.